The molecule has 2 nitrogen and oxygen atoms in total. The first-order valence-electron chi connectivity index (χ1n) is 5.96. The molecule has 1 saturated carbocycles. The normalized spacial score (nSPS) is 25.4. The Balaban J connectivity index is 2.10. The molecular weight excluding hydrogens is 287 g/mol. The fourth-order valence-corrected chi connectivity index (χ4v) is 2.46. The summed E-state index contributed by atoms with van der Waals surface area (Å²) in [5.74, 6) is -0.171. The van der Waals surface area contributed by atoms with Crippen molar-refractivity contribution in [3.63, 3.8) is 0 Å². The van der Waals surface area contributed by atoms with Crippen LogP contribution in [0.15, 0.2) is 22.7 Å². The lowest BCUT2D eigenvalue weighted by atomic mass is 10.1. The van der Waals surface area contributed by atoms with Gasteiger partial charge in [0, 0.05) is 4.47 Å². The van der Waals surface area contributed by atoms with E-state index in [1.807, 2.05) is 0 Å². The van der Waals surface area contributed by atoms with Gasteiger partial charge in [0.1, 0.15) is 6.10 Å². The number of hydrogen-bond acceptors (Lipinski definition) is 2. The van der Waals surface area contributed by atoms with Gasteiger partial charge < -0.3 is 9.84 Å². The summed E-state index contributed by atoms with van der Waals surface area (Å²) in [6.07, 6.45) is 3.89. The predicted molar refractivity (Wildman–Crippen MR) is 67.6 cm³/mol. The molecule has 2 atom stereocenters. The summed E-state index contributed by atoms with van der Waals surface area (Å²) < 4.78 is 19.9. The van der Waals surface area contributed by atoms with Gasteiger partial charge in [0.15, 0.2) is 11.6 Å². The second kappa shape index (κ2) is 5.83. The third-order valence-electron chi connectivity index (χ3n) is 3.09. The van der Waals surface area contributed by atoms with Crippen LogP contribution in [0, 0.1) is 5.82 Å². The van der Waals surface area contributed by atoms with Gasteiger partial charge in [0.05, 0.1) is 6.10 Å². The van der Waals surface area contributed by atoms with Crippen molar-refractivity contribution in [2.45, 2.75) is 44.3 Å². The first-order valence-corrected chi connectivity index (χ1v) is 6.76. The van der Waals surface area contributed by atoms with Gasteiger partial charge in [-0.25, -0.2) is 4.39 Å². The molecule has 1 N–H and O–H groups in total. The molecule has 2 unspecified atom stereocenters. The van der Waals surface area contributed by atoms with E-state index >= 15 is 0 Å². The molecule has 0 radical (unpaired) electrons. The largest absolute Gasteiger partial charge is 0.485 e. The van der Waals surface area contributed by atoms with E-state index in [1.54, 1.807) is 12.1 Å². The number of benzene rings is 1. The lowest BCUT2D eigenvalue weighted by Crippen LogP contribution is -2.30. The summed E-state index contributed by atoms with van der Waals surface area (Å²) >= 11 is 3.28. The molecule has 0 saturated heterocycles. The third-order valence-corrected chi connectivity index (χ3v) is 3.58. The minimum Gasteiger partial charge on any atom is -0.485 e. The highest BCUT2D eigenvalue weighted by molar-refractivity contribution is 9.10. The highest BCUT2D eigenvalue weighted by Gasteiger charge is 2.24. The third kappa shape index (κ3) is 3.42. The Hall–Kier alpha value is -0.610. The van der Waals surface area contributed by atoms with Gasteiger partial charge >= 0.3 is 0 Å². The SMILES string of the molecule is OC1CCCCCC1Oc1cc(Br)ccc1F. The van der Waals surface area contributed by atoms with Gasteiger partial charge in [-0.1, -0.05) is 28.8 Å². The standard InChI is InChI=1S/C13H16BrFO2/c14-9-6-7-10(15)13(8-9)17-12-5-3-1-2-4-11(12)16/h6-8,11-12,16H,1-5H2. The molecule has 1 fully saturated rings. The van der Waals surface area contributed by atoms with Crippen molar-refractivity contribution in [2.24, 2.45) is 0 Å². The minimum atomic E-state index is -0.490. The molecule has 1 aliphatic rings. The molecule has 1 aromatic rings. The Kier molecular flexibility index (Phi) is 4.40. The molecule has 0 spiro atoms. The molecule has 1 aliphatic carbocycles. The maximum absolute atomic E-state index is 13.5. The van der Waals surface area contributed by atoms with Gasteiger partial charge in [-0.2, -0.15) is 0 Å². The Bertz CT molecular complexity index is 384. The van der Waals surface area contributed by atoms with E-state index in [0.717, 1.165) is 36.6 Å². The van der Waals surface area contributed by atoms with Gasteiger partial charge in [0.25, 0.3) is 0 Å². The molecule has 0 amide bonds. The van der Waals surface area contributed by atoms with E-state index in [4.69, 9.17) is 4.74 Å². The van der Waals surface area contributed by atoms with Crippen molar-refractivity contribution in [3.8, 4) is 5.75 Å². The predicted octanol–water partition coefficient (Wildman–Crippen LogP) is 3.66. The highest BCUT2D eigenvalue weighted by Crippen LogP contribution is 2.27. The Morgan fingerprint density at radius 3 is 2.82 bits per heavy atom. The second-order valence-corrected chi connectivity index (χ2v) is 5.35. The Labute approximate surface area is 109 Å². The molecule has 0 bridgehead atoms. The van der Waals surface area contributed by atoms with E-state index < -0.39 is 6.10 Å². The van der Waals surface area contributed by atoms with Crippen LogP contribution in [0.25, 0.3) is 0 Å². The zero-order valence-corrected chi connectivity index (χ0v) is 11.1. The number of hydrogen-bond donors (Lipinski definition) is 1. The first-order chi connectivity index (χ1) is 8.16. The van der Waals surface area contributed by atoms with Crippen molar-refractivity contribution in [1.29, 1.82) is 0 Å². The highest BCUT2D eigenvalue weighted by atomic mass is 79.9. The maximum atomic E-state index is 13.5. The Morgan fingerprint density at radius 2 is 2.00 bits per heavy atom. The van der Waals surface area contributed by atoms with E-state index in [0.29, 0.717) is 0 Å². The van der Waals surface area contributed by atoms with Gasteiger partial charge in [0.2, 0.25) is 0 Å². The topological polar surface area (TPSA) is 29.5 Å². The number of rotatable bonds is 2. The Morgan fingerprint density at radius 1 is 1.24 bits per heavy atom. The maximum Gasteiger partial charge on any atom is 0.165 e. The monoisotopic (exact) mass is 302 g/mol. The zero-order valence-electron chi connectivity index (χ0n) is 9.53. The molecule has 0 aromatic heterocycles. The average Bonchev–Trinajstić information content (AvgIpc) is 2.50. The van der Waals surface area contributed by atoms with Crippen LogP contribution in [0.3, 0.4) is 0 Å². The summed E-state index contributed by atoms with van der Waals surface area (Å²) in [5, 5.41) is 9.91. The smallest absolute Gasteiger partial charge is 0.165 e. The van der Waals surface area contributed by atoms with E-state index in [-0.39, 0.29) is 17.7 Å². The summed E-state index contributed by atoms with van der Waals surface area (Å²) in [5.41, 5.74) is 0. The van der Waals surface area contributed by atoms with Crippen LogP contribution >= 0.6 is 15.9 Å². The molecular formula is C13H16BrFO2. The molecule has 94 valence electrons. The van der Waals surface area contributed by atoms with Gasteiger partial charge in [-0.3, -0.25) is 0 Å². The van der Waals surface area contributed by atoms with Crippen LogP contribution < -0.4 is 4.74 Å². The van der Waals surface area contributed by atoms with E-state index in [2.05, 4.69) is 15.9 Å². The van der Waals surface area contributed by atoms with Crippen LogP contribution in [-0.4, -0.2) is 17.3 Å². The molecule has 1 aromatic carbocycles. The van der Waals surface area contributed by atoms with Crippen molar-refractivity contribution in [1.82, 2.24) is 0 Å². The van der Waals surface area contributed by atoms with Crippen molar-refractivity contribution >= 4 is 15.9 Å². The van der Waals surface area contributed by atoms with Crippen LogP contribution in [0.4, 0.5) is 4.39 Å². The molecule has 2 rings (SSSR count). The first kappa shape index (κ1) is 12.8. The summed E-state index contributed by atoms with van der Waals surface area (Å²) in [6, 6.07) is 4.60. The van der Waals surface area contributed by atoms with E-state index in [1.165, 1.54) is 6.07 Å². The van der Waals surface area contributed by atoms with Crippen molar-refractivity contribution in [3.05, 3.63) is 28.5 Å². The lowest BCUT2D eigenvalue weighted by molar-refractivity contribution is 0.0297. The molecule has 0 heterocycles. The lowest BCUT2D eigenvalue weighted by Gasteiger charge is -2.22. The van der Waals surface area contributed by atoms with Crippen LogP contribution in [0.1, 0.15) is 32.1 Å². The fraction of sp³-hybridized carbons (Fsp3) is 0.538. The van der Waals surface area contributed by atoms with Crippen LogP contribution in [0.5, 0.6) is 5.75 Å². The molecule has 4 heteroatoms. The fourth-order valence-electron chi connectivity index (χ4n) is 2.12. The summed E-state index contributed by atoms with van der Waals surface area (Å²) in [6.45, 7) is 0. The number of aliphatic hydroxyl groups excluding tert-OH is 1. The van der Waals surface area contributed by atoms with E-state index in [9.17, 15) is 9.50 Å². The summed E-state index contributed by atoms with van der Waals surface area (Å²) in [4.78, 5) is 0. The second-order valence-electron chi connectivity index (χ2n) is 4.44. The van der Waals surface area contributed by atoms with Crippen molar-refractivity contribution < 1.29 is 14.2 Å². The number of ether oxygens (including phenoxy) is 1. The minimum absolute atomic E-state index is 0.213. The molecule has 0 aliphatic heterocycles. The average molecular weight is 303 g/mol. The number of halogens is 2. The van der Waals surface area contributed by atoms with Crippen LogP contribution in [-0.2, 0) is 0 Å². The van der Waals surface area contributed by atoms with Crippen LogP contribution in [0.2, 0.25) is 0 Å². The van der Waals surface area contributed by atoms with Gasteiger partial charge in [-0.15, -0.1) is 0 Å². The number of aliphatic hydroxyl groups is 1. The van der Waals surface area contributed by atoms with Gasteiger partial charge in [-0.05, 0) is 37.5 Å². The quantitative estimate of drug-likeness (QED) is 0.845. The molecule has 17 heavy (non-hydrogen) atoms. The van der Waals surface area contributed by atoms with Crippen molar-refractivity contribution in [2.75, 3.05) is 0 Å². The zero-order chi connectivity index (χ0) is 12.3. The summed E-state index contributed by atoms with van der Waals surface area (Å²) in [7, 11) is 0.